The van der Waals surface area contributed by atoms with Gasteiger partial charge in [-0.15, -0.1) is 10.2 Å². The van der Waals surface area contributed by atoms with E-state index in [1.54, 1.807) is 31.6 Å². The number of amides is 2. The maximum absolute atomic E-state index is 13.0. The number of nitrogens with one attached hydrogen (secondary N) is 2. The van der Waals surface area contributed by atoms with E-state index in [2.05, 4.69) is 20.8 Å². The van der Waals surface area contributed by atoms with Crippen molar-refractivity contribution in [3.63, 3.8) is 0 Å². The number of thioether (sulfide) groups is 1. The van der Waals surface area contributed by atoms with Crippen molar-refractivity contribution in [3.8, 4) is 11.4 Å². The fourth-order valence-corrected chi connectivity index (χ4v) is 6.59. The summed E-state index contributed by atoms with van der Waals surface area (Å²) in [4.78, 5) is 25.8. The Morgan fingerprint density at radius 3 is 2.37 bits per heavy atom. The van der Waals surface area contributed by atoms with Crippen molar-refractivity contribution in [2.45, 2.75) is 37.4 Å². The molecule has 3 aromatic carbocycles. The molecule has 4 rings (SSSR count). The van der Waals surface area contributed by atoms with Gasteiger partial charge in [0, 0.05) is 24.3 Å². The molecule has 0 aliphatic rings. The second kappa shape index (κ2) is 14.3. The Morgan fingerprint density at radius 1 is 0.977 bits per heavy atom. The molecule has 0 radical (unpaired) electrons. The van der Waals surface area contributed by atoms with E-state index < -0.39 is 15.9 Å². The van der Waals surface area contributed by atoms with E-state index in [0.29, 0.717) is 46.8 Å². The number of hydrogen-bond donors (Lipinski definition) is 2. The number of carbonyl (C=O) groups excluding carboxylic acids is 2. The molecule has 0 bridgehead atoms. The van der Waals surface area contributed by atoms with Gasteiger partial charge in [-0.25, -0.2) is 8.42 Å². The molecule has 0 aliphatic carbocycles. The normalized spacial score (nSPS) is 11.4. The van der Waals surface area contributed by atoms with Gasteiger partial charge in [0.25, 0.3) is 5.91 Å². The number of anilines is 1. The van der Waals surface area contributed by atoms with Crippen molar-refractivity contribution < 1.29 is 22.7 Å². The van der Waals surface area contributed by atoms with Crippen LogP contribution in [0.4, 0.5) is 5.69 Å². The molecule has 11 nitrogen and oxygen atoms in total. The number of sulfonamides is 1. The van der Waals surface area contributed by atoms with Crippen molar-refractivity contribution in [2.75, 3.05) is 31.3 Å². The number of ether oxygens (including phenoxy) is 1. The van der Waals surface area contributed by atoms with Crippen LogP contribution < -0.4 is 15.4 Å². The smallest absolute Gasteiger partial charge is 0.251 e. The van der Waals surface area contributed by atoms with Gasteiger partial charge >= 0.3 is 0 Å². The maximum atomic E-state index is 13.0. The number of aromatic nitrogens is 3. The number of benzene rings is 3. The van der Waals surface area contributed by atoms with Crippen LogP contribution in [0.15, 0.2) is 82.8 Å². The van der Waals surface area contributed by atoms with Gasteiger partial charge in [0.05, 0.1) is 30.0 Å². The third kappa shape index (κ3) is 7.61. The summed E-state index contributed by atoms with van der Waals surface area (Å²) in [5.41, 5.74) is 2.68. The third-order valence-electron chi connectivity index (χ3n) is 6.53. The van der Waals surface area contributed by atoms with Crippen molar-refractivity contribution in [1.82, 2.24) is 24.4 Å². The molecular weight excluding hydrogens is 589 g/mol. The third-order valence-corrected chi connectivity index (χ3v) is 9.52. The van der Waals surface area contributed by atoms with Crippen LogP contribution >= 0.6 is 11.8 Å². The van der Waals surface area contributed by atoms with Crippen LogP contribution in [-0.2, 0) is 21.4 Å². The van der Waals surface area contributed by atoms with Gasteiger partial charge in [0.2, 0.25) is 15.9 Å². The van der Waals surface area contributed by atoms with Crippen LogP contribution in [0.3, 0.4) is 0 Å². The summed E-state index contributed by atoms with van der Waals surface area (Å²) in [5, 5.41) is 14.8. The first-order valence-corrected chi connectivity index (χ1v) is 16.1. The van der Waals surface area contributed by atoms with Crippen LogP contribution in [0.5, 0.6) is 5.75 Å². The zero-order chi connectivity index (χ0) is 31.0. The van der Waals surface area contributed by atoms with E-state index in [9.17, 15) is 18.0 Å². The standard InChI is InChI=1S/C30H34N6O5S2/c1-5-35(6-2)43(39,40)24-16-14-22(15-17-24)29(38)31-19-27-33-34-30(36(27)25-12-7-8-13-26(25)41-4)42-20-28(37)32-23-11-9-10-21(3)18-23/h7-18H,5-6,19-20H2,1-4H3,(H,31,38)(H,32,37). The molecule has 13 heteroatoms. The number of rotatable bonds is 13. The van der Waals surface area contributed by atoms with E-state index in [1.165, 1.54) is 40.3 Å². The summed E-state index contributed by atoms with van der Waals surface area (Å²) in [6.07, 6.45) is 0. The molecule has 1 heterocycles. The lowest BCUT2D eigenvalue weighted by Crippen LogP contribution is -2.30. The van der Waals surface area contributed by atoms with Gasteiger partial charge in [-0.05, 0) is 61.0 Å². The molecule has 0 fully saturated rings. The molecule has 0 aliphatic heterocycles. The Labute approximate surface area is 255 Å². The van der Waals surface area contributed by atoms with Gasteiger partial charge in [0.1, 0.15) is 5.75 Å². The fourth-order valence-electron chi connectivity index (χ4n) is 4.37. The minimum atomic E-state index is -3.63. The number of methoxy groups -OCH3 is 1. The number of aryl methyl sites for hydroxylation is 1. The van der Waals surface area contributed by atoms with Crippen LogP contribution in [0, 0.1) is 6.92 Å². The Bertz CT molecular complexity index is 1690. The van der Waals surface area contributed by atoms with Crippen molar-refractivity contribution in [1.29, 1.82) is 0 Å². The van der Waals surface area contributed by atoms with E-state index in [0.717, 1.165) is 5.56 Å². The monoisotopic (exact) mass is 622 g/mol. The van der Waals surface area contributed by atoms with Crippen LogP contribution in [0.25, 0.3) is 5.69 Å². The molecule has 226 valence electrons. The quantitative estimate of drug-likeness (QED) is 0.211. The van der Waals surface area contributed by atoms with Gasteiger partial charge in [-0.3, -0.25) is 14.2 Å². The highest BCUT2D eigenvalue weighted by Gasteiger charge is 2.23. The highest BCUT2D eigenvalue weighted by Crippen LogP contribution is 2.29. The van der Waals surface area contributed by atoms with Crippen LogP contribution in [0.2, 0.25) is 0 Å². The Kier molecular flexibility index (Phi) is 10.6. The van der Waals surface area contributed by atoms with E-state index in [-0.39, 0.29) is 23.1 Å². The average molecular weight is 623 g/mol. The first-order valence-electron chi connectivity index (χ1n) is 13.6. The first kappa shape index (κ1) is 31.7. The largest absolute Gasteiger partial charge is 0.495 e. The lowest BCUT2D eigenvalue weighted by Gasteiger charge is -2.18. The summed E-state index contributed by atoms with van der Waals surface area (Å²) in [6, 6.07) is 20.6. The minimum Gasteiger partial charge on any atom is -0.495 e. The summed E-state index contributed by atoms with van der Waals surface area (Å²) >= 11 is 1.20. The average Bonchev–Trinajstić information content (AvgIpc) is 3.41. The molecule has 1 aromatic heterocycles. The summed E-state index contributed by atoms with van der Waals surface area (Å²) in [6.45, 7) is 6.22. The SMILES string of the molecule is CCN(CC)S(=O)(=O)c1ccc(C(=O)NCc2nnc(SCC(=O)Nc3cccc(C)c3)n2-c2ccccc2OC)cc1. The Morgan fingerprint density at radius 2 is 1.70 bits per heavy atom. The van der Waals surface area contributed by atoms with Crippen LogP contribution in [0.1, 0.15) is 35.6 Å². The lowest BCUT2D eigenvalue weighted by molar-refractivity contribution is -0.113. The predicted molar refractivity (Wildman–Crippen MR) is 166 cm³/mol. The minimum absolute atomic E-state index is 0.0133. The molecule has 43 heavy (non-hydrogen) atoms. The molecular formula is C30H34N6O5S2. The molecule has 2 amide bonds. The second-order valence-electron chi connectivity index (χ2n) is 9.41. The van der Waals surface area contributed by atoms with Crippen molar-refractivity contribution in [2.24, 2.45) is 0 Å². The first-order chi connectivity index (χ1) is 20.7. The molecule has 4 aromatic rings. The molecule has 0 saturated carbocycles. The zero-order valence-electron chi connectivity index (χ0n) is 24.4. The predicted octanol–water partition coefficient (Wildman–Crippen LogP) is 4.28. The number of hydrogen-bond acceptors (Lipinski definition) is 8. The highest BCUT2D eigenvalue weighted by molar-refractivity contribution is 7.99. The molecule has 0 spiro atoms. The number of carbonyl (C=O) groups is 2. The van der Waals surface area contributed by atoms with Crippen molar-refractivity contribution >= 4 is 39.3 Å². The van der Waals surface area contributed by atoms with Gasteiger partial charge < -0.3 is 15.4 Å². The Hall–Kier alpha value is -4.20. The van der Waals surface area contributed by atoms with E-state index in [1.807, 2.05) is 49.4 Å². The second-order valence-corrected chi connectivity index (χ2v) is 12.3. The highest BCUT2D eigenvalue weighted by atomic mass is 32.2. The summed E-state index contributed by atoms with van der Waals surface area (Å²) in [5.74, 6) is 0.446. The Balaban J connectivity index is 1.51. The molecule has 0 unspecified atom stereocenters. The summed E-state index contributed by atoms with van der Waals surface area (Å²) < 4.78 is 34.2. The van der Waals surface area contributed by atoms with Crippen molar-refractivity contribution in [3.05, 3.63) is 89.7 Å². The van der Waals surface area contributed by atoms with Crippen LogP contribution in [-0.4, -0.2) is 65.3 Å². The molecule has 2 N–H and O–H groups in total. The lowest BCUT2D eigenvalue weighted by atomic mass is 10.2. The van der Waals surface area contributed by atoms with Gasteiger partial charge in [0.15, 0.2) is 11.0 Å². The number of para-hydroxylation sites is 2. The fraction of sp³-hybridized carbons (Fsp3) is 0.267. The van der Waals surface area contributed by atoms with Gasteiger partial charge in [-0.2, -0.15) is 4.31 Å². The van der Waals surface area contributed by atoms with E-state index >= 15 is 0 Å². The topological polar surface area (TPSA) is 136 Å². The summed E-state index contributed by atoms with van der Waals surface area (Å²) in [7, 11) is -2.08. The molecule has 0 saturated heterocycles. The number of nitrogens with zero attached hydrogens (tertiary/aromatic N) is 4. The van der Waals surface area contributed by atoms with Gasteiger partial charge in [-0.1, -0.05) is 49.9 Å². The maximum Gasteiger partial charge on any atom is 0.251 e. The van der Waals surface area contributed by atoms with E-state index in [4.69, 9.17) is 4.74 Å². The molecule has 0 atom stereocenters. The zero-order valence-corrected chi connectivity index (χ0v) is 26.0.